The predicted octanol–water partition coefficient (Wildman–Crippen LogP) is 4.37. The molecule has 0 bridgehead atoms. The van der Waals surface area contributed by atoms with E-state index in [1.54, 1.807) is 0 Å². The van der Waals surface area contributed by atoms with Crippen LogP contribution in [0.2, 0.25) is 0 Å². The number of aromatic nitrogens is 1. The van der Waals surface area contributed by atoms with Crippen molar-refractivity contribution in [1.29, 1.82) is 0 Å². The zero-order chi connectivity index (χ0) is 22.0. The highest BCUT2D eigenvalue weighted by Gasteiger charge is 2.33. The van der Waals surface area contributed by atoms with Gasteiger partial charge in [-0.3, -0.25) is 4.79 Å². The summed E-state index contributed by atoms with van der Waals surface area (Å²) in [7, 11) is 0. The van der Waals surface area contributed by atoms with Gasteiger partial charge in [-0.05, 0) is 48.5 Å². The maximum Gasteiger partial charge on any atom is 0.417 e. The van der Waals surface area contributed by atoms with Crippen LogP contribution in [0.15, 0.2) is 48.5 Å². The first-order chi connectivity index (χ1) is 14.8. The lowest BCUT2D eigenvalue weighted by Crippen LogP contribution is -2.43. The van der Waals surface area contributed by atoms with Crippen LogP contribution in [-0.2, 0) is 11.0 Å². The van der Waals surface area contributed by atoms with E-state index in [0.29, 0.717) is 5.69 Å². The van der Waals surface area contributed by atoms with Crippen LogP contribution in [0.3, 0.4) is 0 Å². The number of amides is 1. The van der Waals surface area contributed by atoms with Gasteiger partial charge < -0.3 is 20.9 Å². The van der Waals surface area contributed by atoms with Crippen molar-refractivity contribution in [2.45, 2.75) is 13.1 Å². The van der Waals surface area contributed by atoms with Crippen LogP contribution in [0.5, 0.6) is 0 Å². The second-order valence-corrected chi connectivity index (χ2v) is 7.37. The van der Waals surface area contributed by atoms with E-state index in [0.717, 1.165) is 37.9 Å². The molecule has 0 saturated carbocycles. The fourth-order valence-corrected chi connectivity index (χ4v) is 3.63. The molecule has 9 heteroatoms. The van der Waals surface area contributed by atoms with Crippen molar-refractivity contribution in [2.24, 2.45) is 0 Å². The largest absolute Gasteiger partial charge is 0.417 e. The summed E-state index contributed by atoms with van der Waals surface area (Å²) in [6.07, 6.45) is -4.57. The Morgan fingerprint density at radius 1 is 1.03 bits per heavy atom. The molecular weight excluding hydrogens is 407 g/mol. The number of pyridine rings is 1. The number of benzene rings is 2. The fraction of sp³-hybridized carbons (Fsp3) is 0.273. The zero-order valence-electron chi connectivity index (χ0n) is 16.9. The van der Waals surface area contributed by atoms with E-state index < -0.39 is 11.7 Å². The molecular formula is C22H22F3N5O. The normalized spacial score (nSPS) is 14.5. The monoisotopic (exact) mass is 429 g/mol. The number of carbonyl (C=O) groups excluding carboxylic acids is 1. The number of hydrogen-bond acceptors (Lipinski definition) is 5. The van der Waals surface area contributed by atoms with Crippen LogP contribution in [0.25, 0.3) is 10.9 Å². The molecule has 1 aliphatic heterocycles. The number of nitrogens with one attached hydrogen (secondary N) is 3. The molecule has 31 heavy (non-hydrogen) atoms. The summed E-state index contributed by atoms with van der Waals surface area (Å²) in [5.74, 6) is -0.259. The summed E-state index contributed by atoms with van der Waals surface area (Å²) in [6.45, 7) is 4.96. The van der Waals surface area contributed by atoms with E-state index >= 15 is 0 Å². The van der Waals surface area contributed by atoms with Crippen LogP contribution < -0.4 is 20.9 Å². The number of rotatable bonds is 4. The number of hydrogen-bond donors (Lipinski definition) is 3. The van der Waals surface area contributed by atoms with Crippen molar-refractivity contribution in [3.05, 3.63) is 54.1 Å². The van der Waals surface area contributed by atoms with Gasteiger partial charge in [0.05, 0.1) is 11.1 Å². The minimum absolute atomic E-state index is 0.0710. The smallest absolute Gasteiger partial charge is 0.369 e. The van der Waals surface area contributed by atoms with Gasteiger partial charge in [-0.1, -0.05) is 0 Å². The molecule has 3 aromatic rings. The van der Waals surface area contributed by atoms with Crippen molar-refractivity contribution < 1.29 is 18.0 Å². The van der Waals surface area contributed by atoms with Gasteiger partial charge in [-0.15, -0.1) is 0 Å². The molecule has 1 aliphatic rings. The highest BCUT2D eigenvalue weighted by atomic mass is 19.4. The van der Waals surface area contributed by atoms with Crippen LogP contribution >= 0.6 is 0 Å². The maximum atomic E-state index is 13.7. The number of fused-ring (bicyclic) bond motifs is 1. The van der Waals surface area contributed by atoms with Gasteiger partial charge >= 0.3 is 6.18 Å². The van der Waals surface area contributed by atoms with Crippen molar-refractivity contribution in [3.63, 3.8) is 0 Å². The molecule has 1 amide bonds. The highest BCUT2D eigenvalue weighted by Crippen LogP contribution is 2.37. The Balaban J connectivity index is 1.63. The van der Waals surface area contributed by atoms with E-state index in [1.165, 1.54) is 25.1 Å². The van der Waals surface area contributed by atoms with Gasteiger partial charge in [0, 0.05) is 55.6 Å². The summed E-state index contributed by atoms with van der Waals surface area (Å²) < 4.78 is 41.2. The second kappa shape index (κ2) is 8.43. The Bertz CT molecular complexity index is 1090. The fourth-order valence-electron chi connectivity index (χ4n) is 3.63. The maximum absolute atomic E-state index is 13.7. The molecule has 4 rings (SSSR count). The molecule has 162 valence electrons. The molecule has 1 fully saturated rings. The number of carbonyl (C=O) groups is 1. The molecule has 0 radical (unpaired) electrons. The number of alkyl halides is 3. The quantitative estimate of drug-likeness (QED) is 0.575. The molecule has 3 N–H and O–H groups in total. The molecule has 0 spiro atoms. The van der Waals surface area contributed by atoms with Crippen LogP contribution in [0.1, 0.15) is 12.5 Å². The summed E-state index contributed by atoms with van der Waals surface area (Å²) >= 11 is 0. The minimum Gasteiger partial charge on any atom is -0.369 e. The van der Waals surface area contributed by atoms with E-state index in [9.17, 15) is 18.0 Å². The van der Waals surface area contributed by atoms with Gasteiger partial charge in [0.15, 0.2) is 0 Å². The standard InChI is InChI=1S/C22H22F3N5O/c1-14(31)27-16-4-7-20-18(12-16)19(22(23,24)25)13-21(29-20)28-15-2-5-17(6-3-15)30-10-8-26-9-11-30/h2-7,12-13,26H,8-11H2,1H3,(H,27,31)(H,28,29). The number of anilines is 4. The molecule has 0 atom stereocenters. The topological polar surface area (TPSA) is 69.3 Å². The number of nitrogens with zero attached hydrogens (tertiary/aromatic N) is 2. The van der Waals surface area contributed by atoms with Crippen molar-refractivity contribution in [1.82, 2.24) is 10.3 Å². The number of halogens is 3. The minimum atomic E-state index is -4.57. The van der Waals surface area contributed by atoms with E-state index in [1.807, 2.05) is 24.3 Å². The summed E-state index contributed by atoms with van der Waals surface area (Å²) in [6, 6.07) is 12.8. The molecule has 1 aromatic heterocycles. The first kappa shape index (κ1) is 20.9. The Hall–Kier alpha value is -3.33. The third-order valence-corrected chi connectivity index (χ3v) is 5.06. The van der Waals surface area contributed by atoms with Crippen molar-refractivity contribution in [3.8, 4) is 0 Å². The lowest BCUT2D eigenvalue weighted by atomic mass is 10.1. The third kappa shape index (κ3) is 4.88. The van der Waals surface area contributed by atoms with Crippen molar-refractivity contribution in [2.75, 3.05) is 41.7 Å². The van der Waals surface area contributed by atoms with E-state index in [2.05, 4.69) is 25.8 Å². The first-order valence-corrected chi connectivity index (χ1v) is 9.92. The van der Waals surface area contributed by atoms with Crippen LogP contribution in [-0.4, -0.2) is 37.1 Å². The Morgan fingerprint density at radius 3 is 2.35 bits per heavy atom. The summed E-state index contributed by atoms with van der Waals surface area (Å²) in [5.41, 5.74) is 1.37. The Labute approximate surface area is 177 Å². The Kier molecular flexibility index (Phi) is 5.69. The van der Waals surface area contributed by atoms with E-state index in [-0.39, 0.29) is 28.3 Å². The van der Waals surface area contributed by atoms with Gasteiger partial charge in [-0.2, -0.15) is 13.2 Å². The molecule has 0 unspecified atom stereocenters. The lowest BCUT2D eigenvalue weighted by molar-refractivity contribution is -0.136. The van der Waals surface area contributed by atoms with Crippen LogP contribution in [0, 0.1) is 0 Å². The van der Waals surface area contributed by atoms with Gasteiger partial charge in [0.1, 0.15) is 5.82 Å². The number of piperazine rings is 1. The predicted molar refractivity (Wildman–Crippen MR) is 116 cm³/mol. The molecule has 0 aliphatic carbocycles. The molecule has 2 aromatic carbocycles. The highest BCUT2D eigenvalue weighted by molar-refractivity contribution is 5.94. The third-order valence-electron chi connectivity index (χ3n) is 5.06. The molecule has 6 nitrogen and oxygen atoms in total. The summed E-state index contributed by atoms with van der Waals surface area (Å²) in [5, 5.41) is 8.71. The molecule has 2 heterocycles. The summed E-state index contributed by atoms with van der Waals surface area (Å²) in [4.78, 5) is 17.8. The second-order valence-electron chi connectivity index (χ2n) is 7.37. The first-order valence-electron chi connectivity index (χ1n) is 9.92. The lowest BCUT2D eigenvalue weighted by Gasteiger charge is -2.29. The Morgan fingerprint density at radius 2 is 1.71 bits per heavy atom. The van der Waals surface area contributed by atoms with Gasteiger partial charge in [-0.25, -0.2) is 4.98 Å². The van der Waals surface area contributed by atoms with Crippen molar-refractivity contribution >= 4 is 39.7 Å². The van der Waals surface area contributed by atoms with E-state index in [4.69, 9.17) is 0 Å². The molecule has 1 saturated heterocycles. The van der Waals surface area contributed by atoms with Gasteiger partial charge in [0.2, 0.25) is 5.91 Å². The SMILES string of the molecule is CC(=O)Nc1ccc2nc(Nc3ccc(N4CCNCC4)cc3)cc(C(F)(F)F)c2c1. The zero-order valence-corrected chi connectivity index (χ0v) is 16.9. The van der Waals surface area contributed by atoms with Gasteiger partial charge in [0.25, 0.3) is 0 Å². The average molecular weight is 429 g/mol. The average Bonchev–Trinajstić information content (AvgIpc) is 2.73. The van der Waals surface area contributed by atoms with Crippen LogP contribution in [0.4, 0.5) is 36.1 Å².